The van der Waals surface area contributed by atoms with Crippen molar-refractivity contribution >= 4 is 0 Å². The normalized spacial score (nSPS) is 33.5. The predicted molar refractivity (Wildman–Crippen MR) is 77.3 cm³/mol. The van der Waals surface area contributed by atoms with Crippen LogP contribution in [0.2, 0.25) is 0 Å². The third-order valence-electron chi connectivity index (χ3n) is 4.62. The molecule has 19 heavy (non-hydrogen) atoms. The Morgan fingerprint density at radius 2 is 1.63 bits per heavy atom. The van der Waals surface area contributed by atoms with E-state index in [1.54, 1.807) is 0 Å². The highest BCUT2D eigenvalue weighted by Gasteiger charge is 2.28. The van der Waals surface area contributed by atoms with Crippen molar-refractivity contribution in [1.29, 1.82) is 0 Å². The fourth-order valence-electron chi connectivity index (χ4n) is 3.24. The van der Waals surface area contributed by atoms with Gasteiger partial charge in [-0.3, -0.25) is 4.90 Å². The molecule has 0 saturated carbocycles. The van der Waals surface area contributed by atoms with Crippen molar-refractivity contribution in [3.63, 3.8) is 0 Å². The van der Waals surface area contributed by atoms with E-state index in [2.05, 4.69) is 30.6 Å². The van der Waals surface area contributed by atoms with E-state index >= 15 is 0 Å². The minimum atomic E-state index is -0.239. The molecular weight excluding hydrogens is 240 g/mol. The molecule has 112 valence electrons. The molecule has 0 aromatic carbocycles. The van der Waals surface area contributed by atoms with Gasteiger partial charge in [-0.1, -0.05) is 6.92 Å². The Balaban J connectivity index is 1.75. The smallest absolute Gasteiger partial charge is 0.0794 e. The van der Waals surface area contributed by atoms with Crippen LogP contribution in [0.4, 0.5) is 0 Å². The van der Waals surface area contributed by atoms with Gasteiger partial charge in [-0.05, 0) is 45.7 Å². The molecule has 4 nitrogen and oxygen atoms in total. The predicted octanol–water partition coefficient (Wildman–Crippen LogP) is 1.19. The van der Waals surface area contributed by atoms with E-state index in [4.69, 9.17) is 4.74 Å². The summed E-state index contributed by atoms with van der Waals surface area (Å²) in [6, 6.07) is 0.833. The molecule has 0 aromatic rings. The summed E-state index contributed by atoms with van der Waals surface area (Å²) in [7, 11) is 0. The Labute approximate surface area is 117 Å². The average molecular weight is 270 g/mol. The second kappa shape index (κ2) is 7.02. The number of β-amino-alcohol motifs (C(OH)–C–C–N with tert-alkyl or cyclic N) is 1. The number of ether oxygens (including phenoxy) is 1. The Hall–Kier alpha value is -0.160. The number of aliphatic hydroxyl groups is 1. The van der Waals surface area contributed by atoms with Crippen molar-refractivity contribution in [1.82, 2.24) is 9.80 Å². The van der Waals surface area contributed by atoms with Crippen LogP contribution in [0.5, 0.6) is 0 Å². The molecule has 0 amide bonds. The zero-order valence-corrected chi connectivity index (χ0v) is 12.7. The quantitative estimate of drug-likeness (QED) is 0.832. The molecule has 3 atom stereocenters. The highest BCUT2D eigenvalue weighted by Crippen LogP contribution is 2.17. The molecule has 2 fully saturated rings. The minimum Gasteiger partial charge on any atom is -0.390 e. The van der Waals surface area contributed by atoms with Gasteiger partial charge in [-0.25, -0.2) is 0 Å². The third-order valence-corrected chi connectivity index (χ3v) is 4.62. The van der Waals surface area contributed by atoms with Crippen LogP contribution in [-0.2, 0) is 4.74 Å². The lowest BCUT2D eigenvalue weighted by molar-refractivity contribution is -0.0574. The number of rotatable bonds is 4. The molecule has 2 aliphatic heterocycles. The molecule has 0 radical (unpaired) electrons. The highest BCUT2D eigenvalue weighted by molar-refractivity contribution is 4.81. The van der Waals surface area contributed by atoms with Gasteiger partial charge in [0.25, 0.3) is 0 Å². The van der Waals surface area contributed by atoms with Gasteiger partial charge in [0.15, 0.2) is 0 Å². The number of hydrogen-bond acceptors (Lipinski definition) is 4. The van der Waals surface area contributed by atoms with Crippen LogP contribution in [0.1, 0.15) is 33.6 Å². The number of piperidine rings is 1. The van der Waals surface area contributed by atoms with Gasteiger partial charge in [-0.2, -0.15) is 0 Å². The Morgan fingerprint density at radius 1 is 1.05 bits per heavy atom. The van der Waals surface area contributed by atoms with E-state index in [-0.39, 0.29) is 6.10 Å². The first kappa shape index (κ1) is 15.2. The zero-order chi connectivity index (χ0) is 13.8. The fraction of sp³-hybridized carbons (Fsp3) is 1.00. The molecule has 3 unspecified atom stereocenters. The largest absolute Gasteiger partial charge is 0.390 e. The van der Waals surface area contributed by atoms with Crippen molar-refractivity contribution in [2.45, 2.75) is 51.8 Å². The molecule has 0 spiro atoms. The summed E-state index contributed by atoms with van der Waals surface area (Å²) in [5.74, 6) is 0.854. The van der Waals surface area contributed by atoms with Crippen molar-refractivity contribution < 1.29 is 9.84 Å². The lowest BCUT2D eigenvalue weighted by Gasteiger charge is -2.40. The van der Waals surface area contributed by atoms with E-state index in [1.165, 1.54) is 12.8 Å². The standard InChI is InChI=1S/C15H30N2O2/c1-12-4-6-16(7-5-12)8-15(18)9-17-13(2)10-19-11-14(17)3/h12-15,18H,4-11H2,1-3H3. The first-order valence-corrected chi connectivity index (χ1v) is 7.80. The van der Waals surface area contributed by atoms with E-state index in [1.807, 2.05) is 0 Å². The first-order chi connectivity index (χ1) is 9.06. The maximum Gasteiger partial charge on any atom is 0.0794 e. The molecule has 0 aromatic heterocycles. The van der Waals surface area contributed by atoms with Crippen LogP contribution in [0.25, 0.3) is 0 Å². The summed E-state index contributed by atoms with van der Waals surface area (Å²) in [5.41, 5.74) is 0. The summed E-state index contributed by atoms with van der Waals surface area (Å²) in [6.45, 7) is 12.2. The second-order valence-corrected chi connectivity index (χ2v) is 6.57. The van der Waals surface area contributed by atoms with E-state index in [0.717, 1.165) is 45.3 Å². The van der Waals surface area contributed by atoms with Gasteiger partial charge in [-0.15, -0.1) is 0 Å². The van der Waals surface area contributed by atoms with Gasteiger partial charge in [0, 0.05) is 25.2 Å². The summed E-state index contributed by atoms with van der Waals surface area (Å²) < 4.78 is 5.53. The molecule has 0 bridgehead atoms. The molecule has 2 aliphatic rings. The van der Waals surface area contributed by atoms with Crippen molar-refractivity contribution in [3.05, 3.63) is 0 Å². The van der Waals surface area contributed by atoms with Crippen LogP contribution < -0.4 is 0 Å². The Bertz CT molecular complexity index is 257. The van der Waals surface area contributed by atoms with Crippen LogP contribution in [0.15, 0.2) is 0 Å². The van der Waals surface area contributed by atoms with Crippen LogP contribution >= 0.6 is 0 Å². The molecule has 4 heteroatoms. The number of nitrogens with zero attached hydrogens (tertiary/aromatic N) is 2. The molecule has 2 heterocycles. The lowest BCUT2D eigenvalue weighted by atomic mass is 9.99. The Morgan fingerprint density at radius 3 is 2.21 bits per heavy atom. The van der Waals surface area contributed by atoms with Gasteiger partial charge in [0.1, 0.15) is 0 Å². The van der Waals surface area contributed by atoms with Crippen LogP contribution in [0.3, 0.4) is 0 Å². The van der Waals surface area contributed by atoms with E-state index < -0.39 is 0 Å². The number of likely N-dealkylation sites (tertiary alicyclic amines) is 1. The van der Waals surface area contributed by atoms with E-state index in [9.17, 15) is 5.11 Å². The second-order valence-electron chi connectivity index (χ2n) is 6.57. The number of morpholine rings is 1. The lowest BCUT2D eigenvalue weighted by Crippen LogP contribution is -2.53. The monoisotopic (exact) mass is 270 g/mol. The summed E-state index contributed by atoms with van der Waals surface area (Å²) in [4.78, 5) is 4.81. The van der Waals surface area contributed by atoms with Gasteiger partial charge in [0.05, 0.1) is 19.3 Å². The van der Waals surface area contributed by atoms with Gasteiger partial charge < -0.3 is 14.7 Å². The summed E-state index contributed by atoms with van der Waals surface area (Å²) in [6.07, 6.45) is 2.31. The molecule has 1 N–H and O–H groups in total. The molecule has 2 saturated heterocycles. The highest BCUT2D eigenvalue weighted by atomic mass is 16.5. The van der Waals surface area contributed by atoms with Crippen molar-refractivity contribution in [2.75, 3.05) is 39.4 Å². The van der Waals surface area contributed by atoms with Crippen molar-refractivity contribution in [2.24, 2.45) is 5.92 Å². The first-order valence-electron chi connectivity index (χ1n) is 7.80. The number of aliphatic hydroxyl groups excluding tert-OH is 1. The Kier molecular flexibility index (Phi) is 5.63. The summed E-state index contributed by atoms with van der Waals surface area (Å²) >= 11 is 0. The third kappa shape index (κ3) is 4.42. The number of hydrogen-bond donors (Lipinski definition) is 1. The van der Waals surface area contributed by atoms with Crippen LogP contribution in [0, 0.1) is 5.92 Å². The maximum absolute atomic E-state index is 10.3. The van der Waals surface area contributed by atoms with Crippen molar-refractivity contribution in [3.8, 4) is 0 Å². The van der Waals surface area contributed by atoms with Crippen LogP contribution in [-0.4, -0.2) is 72.5 Å². The van der Waals surface area contributed by atoms with E-state index in [0.29, 0.717) is 12.1 Å². The maximum atomic E-state index is 10.3. The molecule has 2 rings (SSSR count). The SMILES string of the molecule is CC1CCN(CC(O)CN2C(C)COCC2C)CC1. The summed E-state index contributed by atoms with van der Waals surface area (Å²) in [5, 5.41) is 10.3. The topological polar surface area (TPSA) is 35.9 Å². The van der Waals surface area contributed by atoms with Gasteiger partial charge in [0.2, 0.25) is 0 Å². The zero-order valence-electron chi connectivity index (χ0n) is 12.7. The fourth-order valence-corrected chi connectivity index (χ4v) is 3.24. The molecular formula is C15H30N2O2. The average Bonchev–Trinajstić information content (AvgIpc) is 2.37. The molecule has 0 aliphatic carbocycles. The van der Waals surface area contributed by atoms with Gasteiger partial charge >= 0.3 is 0 Å². The minimum absolute atomic E-state index is 0.239.